The Morgan fingerprint density at radius 1 is 1.26 bits per heavy atom. The number of amides is 1. The molecule has 0 aliphatic heterocycles. The Morgan fingerprint density at radius 3 is 2.63 bits per heavy atom. The molecule has 0 unspecified atom stereocenters. The predicted octanol–water partition coefficient (Wildman–Crippen LogP) is 2.61. The first kappa shape index (κ1) is 19.9. The standard InChI is InChI=1S/C17H22N6O4/c1-11(2)8-9-18-15-14(23(25)26)16(20-10-19-15)21-22-17(24)12-6-4-5-7-13(12)27-3/h4-7,10-11H,8-9H2,1-3H3,(H,22,24)(H2,18,19,20,21). The number of anilines is 2. The largest absolute Gasteiger partial charge is 0.496 e. The van der Waals surface area contributed by atoms with E-state index >= 15 is 0 Å². The van der Waals surface area contributed by atoms with E-state index in [1.54, 1.807) is 24.3 Å². The number of hydrogen-bond donors (Lipinski definition) is 3. The highest BCUT2D eigenvalue weighted by Gasteiger charge is 2.23. The van der Waals surface area contributed by atoms with E-state index in [0.717, 1.165) is 6.42 Å². The number of methoxy groups -OCH3 is 1. The van der Waals surface area contributed by atoms with Crippen LogP contribution in [0, 0.1) is 16.0 Å². The number of nitrogens with one attached hydrogen (secondary N) is 3. The number of aromatic nitrogens is 2. The molecule has 1 aromatic heterocycles. The summed E-state index contributed by atoms with van der Waals surface area (Å²) >= 11 is 0. The summed E-state index contributed by atoms with van der Waals surface area (Å²) in [7, 11) is 1.45. The van der Waals surface area contributed by atoms with E-state index < -0.39 is 10.8 Å². The molecule has 0 radical (unpaired) electrons. The zero-order valence-electron chi connectivity index (χ0n) is 15.4. The van der Waals surface area contributed by atoms with Crippen molar-refractivity contribution in [1.82, 2.24) is 15.4 Å². The van der Waals surface area contributed by atoms with Crippen molar-refractivity contribution >= 4 is 23.2 Å². The Bertz CT molecular complexity index is 812. The fourth-order valence-electron chi connectivity index (χ4n) is 2.27. The van der Waals surface area contributed by atoms with Crippen LogP contribution < -0.4 is 20.9 Å². The molecule has 0 aliphatic rings. The molecular formula is C17H22N6O4. The molecule has 0 saturated heterocycles. The first-order valence-electron chi connectivity index (χ1n) is 8.36. The Labute approximate surface area is 156 Å². The highest BCUT2D eigenvalue weighted by molar-refractivity contribution is 5.97. The zero-order valence-corrected chi connectivity index (χ0v) is 15.4. The number of hydrogen-bond acceptors (Lipinski definition) is 8. The molecule has 144 valence electrons. The summed E-state index contributed by atoms with van der Waals surface area (Å²) in [5.74, 6) is 0.269. The van der Waals surface area contributed by atoms with Crippen LogP contribution in [0.25, 0.3) is 0 Å². The van der Waals surface area contributed by atoms with E-state index in [2.05, 4.69) is 40.0 Å². The summed E-state index contributed by atoms with van der Waals surface area (Å²) in [5.41, 5.74) is 4.82. The van der Waals surface area contributed by atoms with Gasteiger partial charge in [0.2, 0.25) is 11.6 Å². The number of carbonyl (C=O) groups is 1. The number of ether oxygens (including phenoxy) is 1. The molecule has 0 aliphatic carbocycles. The normalized spacial score (nSPS) is 10.4. The van der Waals surface area contributed by atoms with E-state index in [9.17, 15) is 14.9 Å². The third kappa shape index (κ3) is 5.27. The number of benzene rings is 1. The summed E-state index contributed by atoms with van der Waals surface area (Å²) in [6.07, 6.45) is 2.01. The highest BCUT2D eigenvalue weighted by atomic mass is 16.6. The van der Waals surface area contributed by atoms with E-state index in [4.69, 9.17) is 4.74 Å². The van der Waals surface area contributed by atoms with Crippen molar-refractivity contribution < 1.29 is 14.5 Å². The van der Waals surface area contributed by atoms with Gasteiger partial charge in [-0.2, -0.15) is 0 Å². The van der Waals surface area contributed by atoms with Gasteiger partial charge >= 0.3 is 5.69 Å². The molecule has 1 heterocycles. The van der Waals surface area contributed by atoms with Gasteiger partial charge in [0, 0.05) is 6.54 Å². The Morgan fingerprint density at radius 2 is 1.96 bits per heavy atom. The minimum atomic E-state index is -0.602. The summed E-state index contributed by atoms with van der Waals surface area (Å²) in [5, 5.41) is 14.4. The molecule has 0 atom stereocenters. The molecule has 0 fully saturated rings. The quantitative estimate of drug-likeness (QED) is 0.451. The van der Waals surface area contributed by atoms with E-state index in [0.29, 0.717) is 18.2 Å². The maximum atomic E-state index is 12.3. The first-order chi connectivity index (χ1) is 12.9. The molecule has 1 amide bonds. The Kier molecular flexibility index (Phi) is 6.86. The second kappa shape index (κ2) is 9.32. The van der Waals surface area contributed by atoms with Gasteiger partial charge in [-0.15, -0.1) is 0 Å². The number of nitro groups is 1. The summed E-state index contributed by atoms with van der Waals surface area (Å²) in [6, 6.07) is 6.62. The van der Waals surface area contributed by atoms with Crippen LogP contribution >= 0.6 is 0 Å². The average Bonchev–Trinajstić information content (AvgIpc) is 2.65. The molecule has 0 saturated carbocycles. The molecule has 27 heavy (non-hydrogen) atoms. The first-order valence-corrected chi connectivity index (χ1v) is 8.36. The van der Waals surface area contributed by atoms with Crippen molar-refractivity contribution in [3.8, 4) is 5.75 Å². The maximum absolute atomic E-state index is 12.3. The van der Waals surface area contributed by atoms with Gasteiger partial charge in [0.05, 0.1) is 17.6 Å². The van der Waals surface area contributed by atoms with E-state index in [-0.39, 0.29) is 22.9 Å². The van der Waals surface area contributed by atoms with Crippen molar-refractivity contribution in [1.29, 1.82) is 0 Å². The highest BCUT2D eigenvalue weighted by Crippen LogP contribution is 2.28. The van der Waals surface area contributed by atoms with Gasteiger partial charge in [-0.05, 0) is 24.5 Å². The molecule has 10 heteroatoms. The van der Waals surface area contributed by atoms with Crippen LogP contribution in [-0.4, -0.2) is 34.5 Å². The topological polar surface area (TPSA) is 131 Å². The number of hydrazine groups is 1. The fraction of sp³-hybridized carbons (Fsp3) is 0.353. The molecule has 2 rings (SSSR count). The second-order valence-corrected chi connectivity index (χ2v) is 6.07. The van der Waals surface area contributed by atoms with E-state index in [1.807, 2.05) is 0 Å². The lowest BCUT2D eigenvalue weighted by atomic mass is 10.1. The average molecular weight is 374 g/mol. The van der Waals surface area contributed by atoms with Gasteiger partial charge in [-0.3, -0.25) is 25.8 Å². The molecule has 0 spiro atoms. The molecule has 10 nitrogen and oxygen atoms in total. The lowest BCUT2D eigenvalue weighted by Gasteiger charge is -2.12. The van der Waals surface area contributed by atoms with Crippen LogP contribution in [0.5, 0.6) is 5.75 Å². The third-order valence-electron chi connectivity index (χ3n) is 3.67. The van der Waals surface area contributed by atoms with Gasteiger partial charge < -0.3 is 10.1 Å². The van der Waals surface area contributed by atoms with Gasteiger partial charge in [-0.1, -0.05) is 26.0 Å². The van der Waals surface area contributed by atoms with Crippen LogP contribution in [0.1, 0.15) is 30.6 Å². The zero-order chi connectivity index (χ0) is 19.8. The summed E-state index contributed by atoms with van der Waals surface area (Å²) < 4.78 is 5.13. The SMILES string of the molecule is COc1ccccc1C(=O)NNc1ncnc(NCCC(C)C)c1[N+](=O)[O-]. The van der Waals surface area contributed by atoms with Crippen LogP contribution in [0.2, 0.25) is 0 Å². The lowest BCUT2D eigenvalue weighted by molar-refractivity contribution is -0.383. The molecular weight excluding hydrogens is 352 g/mol. The van der Waals surface area contributed by atoms with Crippen LogP contribution in [0.4, 0.5) is 17.3 Å². The Hall–Kier alpha value is -3.43. The van der Waals surface area contributed by atoms with Crippen LogP contribution in [0.15, 0.2) is 30.6 Å². The summed E-state index contributed by atoms with van der Waals surface area (Å²) in [6.45, 7) is 4.63. The lowest BCUT2D eigenvalue weighted by Crippen LogP contribution is -2.30. The van der Waals surface area contributed by atoms with Crippen molar-refractivity contribution in [3.05, 3.63) is 46.3 Å². The van der Waals surface area contributed by atoms with Crippen LogP contribution in [-0.2, 0) is 0 Å². The number of rotatable bonds is 9. The van der Waals surface area contributed by atoms with Crippen molar-refractivity contribution in [2.24, 2.45) is 5.92 Å². The fourth-order valence-corrected chi connectivity index (χ4v) is 2.27. The second-order valence-electron chi connectivity index (χ2n) is 6.07. The third-order valence-corrected chi connectivity index (χ3v) is 3.67. The molecule has 0 bridgehead atoms. The van der Waals surface area contributed by atoms with E-state index in [1.165, 1.54) is 13.4 Å². The number of nitrogens with zero attached hydrogens (tertiary/aromatic N) is 3. The minimum Gasteiger partial charge on any atom is -0.496 e. The van der Waals surface area contributed by atoms with Crippen molar-refractivity contribution in [2.75, 3.05) is 24.4 Å². The van der Waals surface area contributed by atoms with Crippen molar-refractivity contribution in [2.45, 2.75) is 20.3 Å². The van der Waals surface area contributed by atoms with Crippen LogP contribution in [0.3, 0.4) is 0 Å². The Balaban J connectivity index is 2.15. The summed E-state index contributed by atoms with van der Waals surface area (Å²) in [4.78, 5) is 31.0. The maximum Gasteiger partial charge on any atom is 0.354 e. The smallest absolute Gasteiger partial charge is 0.354 e. The van der Waals surface area contributed by atoms with Gasteiger partial charge in [-0.25, -0.2) is 9.97 Å². The number of para-hydroxylation sites is 1. The predicted molar refractivity (Wildman–Crippen MR) is 101 cm³/mol. The van der Waals surface area contributed by atoms with Gasteiger partial charge in [0.25, 0.3) is 5.91 Å². The molecule has 3 N–H and O–H groups in total. The van der Waals surface area contributed by atoms with Gasteiger partial charge in [0.1, 0.15) is 12.1 Å². The molecule has 2 aromatic rings. The van der Waals surface area contributed by atoms with Gasteiger partial charge in [0.15, 0.2) is 0 Å². The molecule has 1 aromatic carbocycles. The van der Waals surface area contributed by atoms with Crippen molar-refractivity contribution in [3.63, 3.8) is 0 Å². The number of carbonyl (C=O) groups excluding carboxylic acids is 1. The monoisotopic (exact) mass is 374 g/mol. The minimum absolute atomic E-state index is 0.0877.